The fourth-order valence-corrected chi connectivity index (χ4v) is 2.02. The lowest BCUT2D eigenvalue weighted by Crippen LogP contribution is -2.40. The topological polar surface area (TPSA) is 3.24 Å². The maximum absolute atomic E-state index is 2.55. The molecule has 70 valence electrons. The van der Waals surface area contributed by atoms with Crippen LogP contribution in [0, 0.1) is 0 Å². The third-order valence-corrected chi connectivity index (χ3v) is 2.81. The van der Waals surface area contributed by atoms with Crippen molar-refractivity contribution in [2.24, 2.45) is 0 Å². The number of hydrogen-bond acceptors (Lipinski definition) is 1. The van der Waals surface area contributed by atoms with Crippen LogP contribution in [0.1, 0.15) is 40.5 Å². The first-order chi connectivity index (χ1) is 5.65. The molecule has 0 bridgehead atoms. The van der Waals surface area contributed by atoms with E-state index in [1.165, 1.54) is 19.4 Å². The zero-order valence-corrected chi connectivity index (χ0v) is 8.80. The van der Waals surface area contributed by atoms with Gasteiger partial charge in [0.1, 0.15) is 0 Å². The Labute approximate surface area is 76.5 Å². The first-order valence-electron chi connectivity index (χ1n) is 5.10. The Balaban J connectivity index is 2.60. The zero-order valence-electron chi connectivity index (χ0n) is 8.80. The van der Waals surface area contributed by atoms with Crippen molar-refractivity contribution in [2.75, 3.05) is 6.54 Å². The van der Waals surface area contributed by atoms with Crippen molar-refractivity contribution in [1.29, 1.82) is 0 Å². The summed E-state index contributed by atoms with van der Waals surface area (Å²) in [6, 6.07) is 1.34. The maximum atomic E-state index is 2.55. The molecular weight excluding hydrogens is 146 g/mol. The molecule has 0 aromatic rings. The Bertz CT molecular complexity index is 170. The van der Waals surface area contributed by atoms with Crippen molar-refractivity contribution in [3.63, 3.8) is 0 Å². The molecule has 1 aliphatic heterocycles. The van der Waals surface area contributed by atoms with Crippen LogP contribution in [0.2, 0.25) is 0 Å². The lowest BCUT2D eigenvalue weighted by molar-refractivity contribution is 0.183. The molecule has 0 radical (unpaired) electrons. The van der Waals surface area contributed by atoms with Crippen LogP contribution < -0.4 is 0 Å². The van der Waals surface area contributed by atoms with Crippen molar-refractivity contribution in [2.45, 2.75) is 52.6 Å². The average molecular weight is 167 g/mol. The summed E-state index contributed by atoms with van der Waals surface area (Å²) in [5.41, 5.74) is 1.64. The van der Waals surface area contributed by atoms with Gasteiger partial charge in [-0.25, -0.2) is 0 Å². The van der Waals surface area contributed by atoms with E-state index in [1.54, 1.807) is 5.57 Å². The van der Waals surface area contributed by atoms with E-state index in [0.29, 0.717) is 12.1 Å². The van der Waals surface area contributed by atoms with E-state index in [9.17, 15) is 0 Å². The summed E-state index contributed by atoms with van der Waals surface area (Å²) >= 11 is 0. The highest BCUT2D eigenvalue weighted by molar-refractivity contribution is 5.10. The fraction of sp³-hybridized carbons (Fsp3) is 0.818. The van der Waals surface area contributed by atoms with Crippen molar-refractivity contribution in [3.8, 4) is 0 Å². The molecule has 1 heterocycles. The molecule has 0 aliphatic carbocycles. The highest BCUT2D eigenvalue weighted by atomic mass is 15.2. The molecule has 1 nitrogen and oxygen atoms in total. The van der Waals surface area contributed by atoms with Crippen LogP contribution in [0.3, 0.4) is 0 Å². The molecular formula is C11H21N. The first-order valence-corrected chi connectivity index (χ1v) is 5.10. The monoisotopic (exact) mass is 167 g/mol. The van der Waals surface area contributed by atoms with Crippen molar-refractivity contribution in [3.05, 3.63) is 11.6 Å². The molecule has 0 aromatic heterocycles. The Kier molecular flexibility index (Phi) is 3.33. The summed E-state index contributed by atoms with van der Waals surface area (Å²) in [6.45, 7) is 10.4. The van der Waals surface area contributed by atoms with Crippen LogP contribution in [-0.2, 0) is 0 Å². The Morgan fingerprint density at radius 1 is 1.58 bits per heavy atom. The quantitative estimate of drug-likeness (QED) is 0.572. The van der Waals surface area contributed by atoms with E-state index in [1.807, 2.05) is 0 Å². The second-order valence-electron chi connectivity index (χ2n) is 4.00. The van der Waals surface area contributed by atoms with Crippen molar-refractivity contribution < 1.29 is 0 Å². The molecule has 0 fully saturated rings. The third kappa shape index (κ3) is 2.10. The molecule has 0 aromatic carbocycles. The number of nitrogens with zero attached hydrogens (tertiary/aromatic N) is 1. The van der Waals surface area contributed by atoms with Gasteiger partial charge in [0.15, 0.2) is 0 Å². The normalized spacial score (nSPS) is 26.1. The van der Waals surface area contributed by atoms with Gasteiger partial charge in [0, 0.05) is 18.6 Å². The van der Waals surface area contributed by atoms with Gasteiger partial charge in [-0.15, -0.1) is 0 Å². The highest BCUT2D eigenvalue weighted by Gasteiger charge is 2.19. The molecule has 1 heteroatoms. The van der Waals surface area contributed by atoms with Crippen molar-refractivity contribution >= 4 is 0 Å². The van der Waals surface area contributed by atoms with Crippen LogP contribution in [0.5, 0.6) is 0 Å². The predicted molar refractivity (Wildman–Crippen MR) is 54.3 cm³/mol. The third-order valence-electron chi connectivity index (χ3n) is 2.81. The van der Waals surface area contributed by atoms with E-state index in [4.69, 9.17) is 0 Å². The van der Waals surface area contributed by atoms with Gasteiger partial charge in [0.2, 0.25) is 0 Å². The Hall–Kier alpha value is -0.300. The second kappa shape index (κ2) is 4.08. The first kappa shape index (κ1) is 9.79. The molecule has 0 spiro atoms. The van der Waals surface area contributed by atoms with Crippen molar-refractivity contribution in [1.82, 2.24) is 4.90 Å². The standard InChI is InChI=1S/C11H21N/c1-5-11-6-7-12(9(2)3)10(4)8-11/h8-10H,5-7H2,1-4H3. The molecule has 1 atom stereocenters. The lowest BCUT2D eigenvalue weighted by Gasteiger charge is -2.35. The predicted octanol–water partition coefficient (Wildman–Crippen LogP) is 2.83. The van der Waals surface area contributed by atoms with Gasteiger partial charge in [-0.1, -0.05) is 18.6 Å². The van der Waals surface area contributed by atoms with Crippen LogP contribution in [-0.4, -0.2) is 23.5 Å². The van der Waals surface area contributed by atoms with E-state index < -0.39 is 0 Å². The molecule has 1 rings (SSSR count). The van der Waals surface area contributed by atoms with Crippen LogP contribution >= 0.6 is 0 Å². The molecule has 0 amide bonds. The Morgan fingerprint density at radius 3 is 2.67 bits per heavy atom. The van der Waals surface area contributed by atoms with Gasteiger partial charge < -0.3 is 0 Å². The molecule has 1 aliphatic rings. The maximum Gasteiger partial charge on any atom is 0.0255 e. The minimum Gasteiger partial charge on any atom is -0.294 e. The van der Waals surface area contributed by atoms with Gasteiger partial charge in [0.05, 0.1) is 0 Å². The Morgan fingerprint density at radius 2 is 2.25 bits per heavy atom. The van der Waals surface area contributed by atoms with E-state index >= 15 is 0 Å². The summed E-state index contributed by atoms with van der Waals surface area (Å²) in [5.74, 6) is 0. The highest BCUT2D eigenvalue weighted by Crippen LogP contribution is 2.20. The molecule has 0 saturated heterocycles. The molecule has 0 N–H and O–H groups in total. The van der Waals surface area contributed by atoms with E-state index in [0.717, 1.165) is 0 Å². The molecule has 1 unspecified atom stereocenters. The van der Waals surface area contributed by atoms with Gasteiger partial charge in [0.25, 0.3) is 0 Å². The van der Waals surface area contributed by atoms with Crippen LogP contribution in [0.15, 0.2) is 11.6 Å². The van der Waals surface area contributed by atoms with Gasteiger partial charge in [-0.05, 0) is 33.6 Å². The summed E-state index contributed by atoms with van der Waals surface area (Å²) < 4.78 is 0. The largest absolute Gasteiger partial charge is 0.294 e. The van der Waals surface area contributed by atoms with Crippen LogP contribution in [0.4, 0.5) is 0 Å². The molecule has 12 heavy (non-hydrogen) atoms. The van der Waals surface area contributed by atoms with Gasteiger partial charge >= 0.3 is 0 Å². The SMILES string of the molecule is CCC1=CC(C)N(C(C)C)CC1. The zero-order chi connectivity index (χ0) is 9.14. The summed E-state index contributed by atoms with van der Waals surface area (Å²) in [5, 5.41) is 0. The van der Waals surface area contributed by atoms with Gasteiger partial charge in [-0.2, -0.15) is 0 Å². The number of rotatable bonds is 2. The summed E-state index contributed by atoms with van der Waals surface area (Å²) in [4.78, 5) is 2.55. The average Bonchev–Trinajstić information content (AvgIpc) is 2.03. The fourth-order valence-electron chi connectivity index (χ4n) is 2.02. The minimum atomic E-state index is 0.647. The van der Waals surface area contributed by atoms with E-state index in [2.05, 4.69) is 38.7 Å². The van der Waals surface area contributed by atoms with Crippen LogP contribution in [0.25, 0.3) is 0 Å². The van der Waals surface area contributed by atoms with Gasteiger partial charge in [-0.3, -0.25) is 4.90 Å². The summed E-state index contributed by atoms with van der Waals surface area (Å²) in [6.07, 6.45) is 4.94. The molecule has 0 saturated carbocycles. The smallest absolute Gasteiger partial charge is 0.0255 e. The lowest BCUT2D eigenvalue weighted by atomic mass is 10.00. The number of hydrogen-bond donors (Lipinski definition) is 0. The van der Waals surface area contributed by atoms with E-state index in [-0.39, 0.29) is 0 Å². The minimum absolute atomic E-state index is 0.647. The second-order valence-corrected chi connectivity index (χ2v) is 4.00. The summed E-state index contributed by atoms with van der Waals surface area (Å²) in [7, 11) is 0.